The summed E-state index contributed by atoms with van der Waals surface area (Å²) in [5.41, 5.74) is 2.72. The third kappa shape index (κ3) is 4.23. The molecule has 3 rings (SSSR count). The maximum atomic E-state index is 12.2. The number of carbonyl (C=O) groups excluding carboxylic acids is 2. The molecule has 132 valence electrons. The summed E-state index contributed by atoms with van der Waals surface area (Å²) >= 11 is 0. The fraction of sp³-hybridized carbons (Fsp3) is 0.444. The Labute approximate surface area is 147 Å². The number of rotatable bonds is 6. The lowest BCUT2D eigenvalue weighted by molar-refractivity contribution is -0.128. The Balaban J connectivity index is 1.50. The number of likely N-dealkylation sites (tertiary alicyclic amines) is 1. The molecule has 1 unspecified atom stereocenters. The average molecular weight is 341 g/mol. The van der Waals surface area contributed by atoms with Gasteiger partial charge >= 0.3 is 0 Å². The van der Waals surface area contributed by atoms with Gasteiger partial charge in [0.15, 0.2) is 5.69 Å². The summed E-state index contributed by atoms with van der Waals surface area (Å²) in [4.78, 5) is 26.1. The van der Waals surface area contributed by atoms with Crippen LogP contribution in [0.25, 0.3) is 0 Å². The van der Waals surface area contributed by atoms with Crippen LogP contribution in [-0.4, -0.2) is 44.8 Å². The molecule has 1 aromatic carbocycles. The predicted molar refractivity (Wildman–Crippen MR) is 92.7 cm³/mol. The Morgan fingerprint density at radius 1 is 1.28 bits per heavy atom. The summed E-state index contributed by atoms with van der Waals surface area (Å²) in [6.45, 7) is 3.87. The van der Waals surface area contributed by atoms with E-state index in [-0.39, 0.29) is 17.7 Å². The SMILES string of the molecule is CCc1ccc(CN2CC(CNC(=O)c3cn(C)nn3)CC2=O)cc1. The summed E-state index contributed by atoms with van der Waals surface area (Å²) < 4.78 is 1.49. The number of nitrogens with zero attached hydrogens (tertiary/aromatic N) is 4. The van der Waals surface area contributed by atoms with Crippen molar-refractivity contribution in [3.8, 4) is 0 Å². The Kier molecular flexibility index (Phi) is 5.11. The normalized spacial score (nSPS) is 17.1. The van der Waals surface area contributed by atoms with Crippen LogP contribution < -0.4 is 5.32 Å². The van der Waals surface area contributed by atoms with Crippen LogP contribution in [0.15, 0.2) is 30.5 Å². The smallest absolute Gasteiger partial charge is 0.273 e. The minimum absolute atomic E-state index is 0.128. The van der Waals surface area contributed by atoms with Crippen molar-refractivity contribution in [1.29, 1.82) is 0 Å². The third-order valence-corrected chi connectivity index (χ3v) is 4.49. The molecule has 2 aromatic rings. The first-order chi connectivity index (χ1) is 12.0. The van der Waals surface area contributed by atoms with Crippen molar-refractivity contribution in [3.63, 3.8) is 0 Å². The molecule has 1 fully saturated rings. The number of aromatic nitrogens is 3. The first kappa shape index (κ1) is 17.1. The number of aryl methyl sites for hydroxylation is 2. The maximum Gasteiger partial charge on any atom is 0.273 e. The lowest BCUT2D eigenvalue weighted by Gasteiger charge is -2.17. The number of nitrogens with one attached hydrogen (secondary N) is 1. The molecule has 1 atom stereocenters. The van der Waals surface area contributed by atoms with Crippen LogP contribution in [0.2, 0.25) is 0 Å². The fourth-order valence-electron chi connectivity index (χ4n) is 3.02. The number of hydrogen-bond donors (Lipinski definition) is 1. The van der Waals surface area contributed by atoms with Crippen LogP contribution in [-0.2, 0) is 24.8 Å². The Morgan fingerprint density at radius 3 is 2.64 bits per heavy atom. The molecule has 7 nitrogen and oxygen atoms in total. The van der Waals surface area contributed by atoms with Crippen molar-refractivity contribution < 1.29 is 9.59 Å². The van der Waals surface area contributed by atoms with Crippen LogP contribution >= 0.6 is 0 Å². The van der Waals surface area contributed by atoms with E-state index in [0.29, 0.717) is 31.7 Å². The Hall–Kier alpha value is -2.70. The molecule has 0 saturated carbocycles. The van der Waals surface area contributed by atoms with Crippen LogP contribution in [0.1, 0.15) is 35.0 Å². The number of hydrogen-bond acceptors (Lipinski definition) is 4. The second-order valence-corrected chi connectivity index (χ2v) is 6.50. The molecule has 7 heteroatoms. The highest BCUT2D eigenvalue weighted by atomic mass is 16.2. The van der Waals surface area contributed by atoms with E-state index in [2.05, 4.69) is 46.8 Å². The molecule has 0 spiro atoms. The van der Waals surface area contributed by atoms with Gasteiger partial charge in [-0.3, -0.25) is 14.3 Å². The summed E-state index contributed by atoms with van der Waals surface area (Å²) in [5, 5.41) is 10.4. The molecular formula is C18H23N5O2. The van der Waals surface area contributed by atoms with E-state index in [1.165, 1.54) is 10.2 Å². The van der Waals surface area contributed by atoms with Crippen molar-refractivity contribution in [2.45, 2.75) is 26.3 Å². The molecule has 0 bridgehead atoms. The minimum atomic E-state index is -0.255. The summed E-state index contributed by atoms with van der Waals surface area (Å²) in [6.07, 6.45) is 3.05. The van der Waals surface area contributed by atoms with Crippen molar-refractivity contribution in [2.75, 3.05) is 13.1 Å². The molecular weight excluding hydrogens is 318 g/mol. The standard InChI is InChI=1S/C18H23N5O2/c1-3-13-4-6-14(7-5-13)10-23-11-15(8-17(23)24)9-19-18(25)16-12-22(2)21-20-16/h4-7,12,15H,3,8-11H2,1-2H3,(H,19,25). The number of benzene rings is 1. The van der Waals surface area contributed by atoms with Crippen LogP contribution in [0, 0.1) is 5.92 Å². The van der Waals surface area contributed by atoms with Crippen molar-refractivity contribution in [2.24, 2.45) is 13.0 Å². The van der Waals surface area contributed by atoms with E-state index in [4.69, 9.17) is 0 Å². The Bertz CT molecular complexity index is 753. The van der Waals surface area contributed by atoms with Gasteiger partial charge in [-0.05, 0) is 17.5 Å². The average Bonchev–Trinajstić information content (AvgIpc) is 3.19. The van der Waals surface area contributed by atoms with Gasteiger partial charge < -0.3 is 10.2 Å². The fourth-order valence-corrected chi connectivity index (χ4v) is 3.02. The van der Waals surface area contributed by atoms with E-state index in [1.54, 1.807) is 13.2 Å². The first-order valence-electron chi connectivity index (χ1n) is 8.55. The highest BCUT2D eigenvalue weighted by Gasteiger charge is 2.29. The van der Waals surface area contributed by atoms with Gasteiger partial charge in [0.2, 0.25) is 5.91 Å². The van der Waals surface area contributed by atoms with Crippen molar-refractivity contribution in [1.82, 2.24) is 25.2 Å². The van der Waals surface area contributed by atoms with Gasteiger partial charge in [-0.2, -0.15) is 0 Å². The maximum absolute atomic E-state index is 12.2. The highest BCUT2D eigenvalue weighted by molar-refractivity contribution is 5.91. The summed E-state index contributed by atoms with van der Waals surface area (Å²) in [6, 6.07) is 8.37. The molecule has 1 saturated heterocycles. The molecule has 0 radical (unpaired) electrons. The molecule has 1 aromatic heterocycles. The quantitative estimate of drug-likeness (QED) is 0.855. The minimum Gasteiger partial charge on any atom is -0.350 e. The van der Waals surface area contributed by atoms with Gasteiger partial charge in [0, 0.05) is 39.0 Å². The van der Waals surface area contributed by atoms with Gasteiger partial charge in [0.05, 0.1) is 6.20 Å². The van der Waals surface area contributed by atoms with Gasteiger partial charge in [0.25, 0.3) is 5.91 Å². The largest absolute Gasteiger partial charge is 0.350 e. The van der Waals surface area contributed by atoms with Gasteiger partial charge in [-0.15, -0.1) is 5.10 Å². The van der Waals surface area contributed by atoms with Crippen LogP contribution in [0.5, 0.6) is 0 Å². The van der Waals surface area contributed by atoms with Crippen molar-refractivity contribution in [3.05, 3.63) is 47.3 Å². The monoisotopic (exact) mass is 341 g/mol. The van der Waals surface area contributed by atoms with E-state index < -0.39 is 0 Å². The molecule has 0 aliphatic carbocycles. The molecule has 2 heterocycles. The zero-order chi connectivity index (χ0) is 17.8. The van der Waals surface area contributed by atoms with Gasteiger partial charge in [0.1, 0.15) is 0 Å². The molecule has 1 aliphatic heterocycles. The summed E-state index contributed by atoms with van der Waals surface area (Å²) in [5.74, 6) is 0.00973. The Morgan fingerprint density at radius 2 is 2.00 bits per heavy atom. The van der Waals surface area contributed by atoms with Gasteiger partial charge in [-0.1, -0.05) is 36.4 Å². The highest BCUT2D eigenvalue weighted by Crippen LogP contribution is 2.20. The van der Waals surface area contributed by atoms with Crippen LogP contribution in [0.3, 0.4) is 0 Å². The first-order valence-corrected chi connectivity index (χ1v) is 8.55. The lowest BCUT2D eigenvalue weighted by atomic mass is 10.1. The van der Waals surface area contributed by atoms with E-state index in [1.807, 2.05) is 4.90 Å². The molecule has 1 aliphatic rings. The zero-order valence-corrected chi connectivity index (χ0v) is 14.6. The number of amides is 2. The summed E-state index contributed by atoms with van der Waals surface area (Å²) in [7, 11) is 1.71. The van der Waals surface area contributed by atoms with Gasteiger partial charge in [-0.25, -0.2) is 0 Å². The predicted octanol–water partition coefficient (Wildman–Crippen LogP) is 1.16. The van der Waals surface area contributed by atoms with E-state index in [9.17, 15) is 9.59 Å². The number of carbonyl (C=O) groups is 2. The molecule has 25 heavy (non-hydrogen) atoms. The van der Waals surface area contributed by atoms with E-state index in [0.717, 1.165) is 12.0 Å². The molecule has 2 amide bonds. The molecule has 1 N–H and O–H groups in total. The zero-order valence-electron chi connectivity index (χ0n) is 14.6. The second kappa shape index (κ2) is 7.46. The third-order valence-electron chi connectivity index (χ3n) is 4.49. The topological polar surface area (TPSA) is 80.1 Å². The van der Waals surface area contributed by atoms with E-state index >= 15 is 0 Å². The lowest BCUT2D eigenvalue weighted by Crippen LogP contribution is -2.31. The van der Waals surface area contributed by atoms with Crippen LogP contribution in [0.4, 0.5) is 0 Å². The van der Waals surface area contributed by atoms with Crippen molar-refractivity contribution >= 4 is 11.8 Å². The second-order valence-electron chi connectivity index (χ2n) is 6.50.